The lowest BCUT2D eigenvalue weighted by Crippen LogP contribution is -2.25. The second kappa shape index (κ2) is 5.52. The van der Waals surface area contributed by atoms with E-state index in [1.165, 1.54) is 0 Å². The topological polar surface area (TPSA) is 49.7 Å². The second-order valence-corrected chi connectivity index (χ2v) is 5.11. The normalized spacial score (nSPS) is 11.8. The van der Waals surface area contributed by atoms with Gasteiger partial charge < -0.3 is 14.9 Å². The van der Waals surface area contributed by atoms with E-state index in [-0.39, 0.29) is 12.2 Å². The third-order valence-electron chi connectivity index (χ3n) is 2.86. The molecule has 0 unspecified atom stereocenters. The Morgan fingerprint density at radius 1 is 1.24 bits per heavy atom. The molecule has 0 amide bonds. The molecule has 0 saturated heterocycles. The maximum atomic E-state index is 9.92. The number of aromatic hydroxyl groups is 1. The van der Waals surface area contributed by atoms with Gasteiger partial charge in [-0.1, -0.05) is 17.7 Å². The van der Waals surface area contributed by atoms with E-state index >= 15 is 0 Å². The van der Waals surface area contributed by atoms with Crippen LogP contribution in [-0.2, 0) is 11.3 Å². The molecule has 0 saturated carbocycles. The van der Waals surface area contributed by atoms with E-state index in [0.717, 1.165) is 16.7 Å². The molecule has 0 aliphatic rings. The van der Waals surface area contributed by atoms with Gasteiger partial charge in [0.25, 0.3) is 0 Å². The van der Waals surface area contributed by atoms with Crippen molar-refractivity contribution in [2.45, 2.75) is 46.3 Å². The van der Waals surface area contributed by atoms with Gasteiger partial charge in [0.2, 0.25) is 0 Å². The number of phenolic OH excluding ortho intramolecular Hbond substituents is 1. The van der Waals surface area contributed by atoms with Gasteiger partial charge in [0.15, 0.2) is 0 Å². The van der Waals surface area contributed by atoms with Crippen LogP contribution in [0.2, 0.25) is 0 Å². The number of aryl methyl sites for hydroxylation is 2. The van der Waals surface area contributed by atoms with E-state index in [9.17, 15) is 5.11 Å². The summed E-state index contributed by atoms with van der Waals surface area (Å²) in [6, 6.07) is 3.87. The lowest BCUT2D eigenvalue weighted by molar-refractivity contribution is -0.0440. The highest BCUT2D eigenvalue weighted by Gasteiger charge is 2.18. The Morgan fingerprint density at radius 2 is 1.88 bits per heavy atom. The zero-order valence-corrected chi connectivity index (χ0v) is 11.1. The average Bonchev–Trinajstić information content (AvgIpc) is 2.21. The summed E-state index contributed by atoms with van der Waals surface area (Å²) in [5.74, 6) is 0.301. The van der Waals surface area contributed by atoms with Crippen LogP contribution < -0.4 is 0 Å². The van der Waals surface area contributed by atoms with Crippen molar-refractivity contribution in [2.75, 3.05) is 6.61 Å². The molecule has 3 nitrogen and oxygen atoms in total. The Kier molecular flexibility index (Phi) is 4.54. The van der Waals surface area contributed by atoms with E-state index in [2.05, 4.69) is 0 Å². The van der Waals surface area contributed by atoms with E-state index in [4.69, 9.17) is 9.84 Å². The van der Waals surface area contributed by atoms with Crippen LogP contribution in [0.5, 0.6) is 5.75 Å². The minimum atomic E-state index is -0.376. The van der Waals surface area contributed by atoms with Crippen molar-refractivity contribution in [3.63, 3.8) is 0 Å². The van der Waals surface area contributed by atoms with Crippen molar-refractivity contribution in [1.29, 1.82) is 0 Å². The van der Waals surface area contributed by atoms with Crippen LogP contribution in [0.1, 0.15) is 37.0 Å². The molecule has 0 spiro atoms. The van der Waals surface area contributed by atoms with Crippen LogP contribution in [-0.4, -0.2) is 22.4 Å². The molecule has 0 heterocycles. The zero-order valence-electron chi connectivity index (χ0n) is 11.1. The predicted octanol–water partition coefficient (Wildman–Crippen LogP) is 2.69. The third kappa shape index (κ3) is 4.02. The monoisotopic (exact) mass is 238 g/mol. The van der Waals surface area contributed by atoms with E-state index in [0.29, 0.717) is 18.8 Å². The number of hydrogen-bond acceptors (Lipinski definition) is 3. The fourth-order valence-electron chi connectivity index (χ4n) is 1.77. The number of ether oxygens (including phenoxy) is 1. The van der Waals surface area contributed by atoms with Crippen molar-refractivity contribution >= 4 is 0 Å². The van der Waals surface area contributed by atoms with Crippen molar-refractivity contribution in [3.05, 3.63) is 28.8 Å². The van der Waals surface area contributed by atoms with Crippen molar-refractivity contribution < 1.29 is 14.9 Å². The van der Waals surface area contributed by atoms with E-state index in [1.54, 1.807) is 0 Å². The molecule has 1 rings (SSSR count). The minimum Gasteiger partial charge on any atom is -0.507 e. The zero-order chi connectivity index (χ0) is 13.1. The number of phenols is 1. The van der Waals surface area contributed by atoms with Crippen LogP contribution in [0, 0.1) is 13.8 Å². The first-order valence-electron chi connectivity index (χ1n) is 5.89. The molecule has 2 N–H and O–H groups in total. The largest absolute Gasteiger partial charge is 0.507 e. The van der Waals surface area contributed by atoms with Gasteiger partial charge in [0.1, 0.15) is 5.75 Å². The Hall–Kier alpha value is -1.06. The van der Waals surface area contributed by atoms with Gasteiger partial charge >= 0.3 is 0 Å². The van der Waals surface area contributed by atoms with Crippen molar-refractivity contribution in [2.24, 2.45) is 0 Å². The lowest BCUT2D eigenvalue weighted by atomic mass is 10.0. The van der Waals surface area contributed by atoms with Gasteiger partial charge in [-0.05, 0) is 39.7 Å². The summed E-state index contributed by atoms with van der Waals surface area (Å²) in [5, 5.41) is 18.8. The molecule has 1 aromatic rings. The number of hydrogen-bond donors (Lipinski definition) is 2. The Balaban J connectivity index is 2.76. The molecule has 0 aliphatic carbocycles. The van der Waals surface area contributed by atoms with Crippen molar-refractivity contribution in [3.8, 4) is 5.75 Å². The standard InChI is InChI=1S/C14H22O3/c1-10-7-11(2)13(16)12(8-10)9-17-14(3,4)5-6-15/h7-8,15-16H,5-6,9H2,1-4H3. The van der Waals surface area contributed by atoms with Crippen LogP contribution in [0.3, 0.4) is 0 Å². The van der Waals surface area contributed by atoms with Gasteiger partial charge in [-0.25, -0.2) is 0 Å². The highest BCUT2D eigenvalue weighted by molar-refractivity contribution is 5.42. The number of benzene rings is 1. The molecule has 0 aromatic heterocycles. The van der Waals surface area contributed by atoms with Crippen molar-refractivity contribution in [1.82, 2.24) is 0 Å². The summed E-state index contributed by atoms with van der Waals surface area (Å²) in [4.78, 5) is 0. The van der Waals surface area contributed by atoms with Gasteiger partial charge in [-0.15, -0.1) is 0 Å². The summed E-state index contributed by atoms with van der Waals surface area (Å²) in [7, 11) is 0. The third-order valence-corrected chi connectivity index (χ3v) is 2.86. The molecule has 0 fully saturated rings. The van der Waals surface area contributed by atoms with Gasteiger partial charge in [-0.2, -0.15) is 0 Å². The fraction of sp³-hybridized carbons (Fsp3) is 0.571. The van der Waals surface area contributed by atoms with Crippen LogP contribution in [0.15, 0.2) is 12.1 Å². The molecule has 0 atom stereocenters. The Morgan fingerprint density at radius 3 is 2.47 bits per heavy atom. The molecule has 0 radical (unpaired) electrons. The van der Waals surface area contributed by atoms with Gasteiger partial charge in [0, 0.05) is 12.2 Å². The maximum Gasteiger partial charge on any atom is 0.124 e. The first-order valence-corrected chi connectivity index (χ1v) is 5.89. The van der Waals surface area contributed by atoms with E-state index < -0.39 is 0 Å². The smallest absolute Gasteiger partial charge is 0.124 e. The molecule has 0 aliphatic heterocycles. The van der Waals surface area contributed by atoms with Crippen LogP contribution in [0.4, 0.5) is 0 Å². The molecule has 96 valence electrons. The Bertz CT molecular complexity index is 383. The molecular formula is C14H22O3. The minimum absolute atomic E-state index is 0.103. The lowest BCUT2D eigenvalue weighted by Gasteiger charge is -2.25. The predicted molar refractivity (Wildman–Crippen MR) is 68.2 cm³/mol. The summed E-state index contributed by atoms with van der Waals surface area (Å²) in [6.07, 6.45) is 0.582. The molecule has 3 heteroatoms. The highest BCUT2D eigenvalue weighted by Crippen LogP contribution is 2.26. The first kappa shape index (κ1) is 14.0. The summed E-state index contributed by atoms with van der Waals surface area (Å²) >= 11 is 0. The highest BCUT2D eigenvalue weighted by atomic mass is 16.5. The number of aliphatic hydroxyl groups is 1. The molecule has 0 bridgehead atoms. The molecule has 1 aromatic carbocycles. The quantitative estimate of drug-likeness (QED) is 0.829. The average molecular weight is 238 g/mol. The SMILES string of the molecule is Cc1cc(C)c(O)c(COC(C)(C)CCO)c1. The first-order chi connectivity index (χ1) is 7.85. The summed E-state index contributed by atoms with van der Waals surface area (Å²) in [6.45, 7) is 8.21. The van der Waals surface area contributed by atoms with Gasteiger partial charge in [-0.3, -0.25) is 0 Å². The fourth-order valence-corrected chi connectivity index (χ4v) is 1.77. The van der Waals surface area contributed by atoms with Crippen LogP contribution >= 0.6 is 0 Å². The second-order valence-electron chi connectivity index (χ2n) is 5.11. The summed E-state index contributed by atoms with van der Waals surface area (Å²) in [5.41, 5.74) is 2.40. The van der Waals surface area contributed by atoms with Gasteiger partial charge in [0.05, 0.1) is 12.2 Å². The Labute approximate surface area is 103 Å². The maximum absolute atomic E-state index is 9.92. The summed E-state index contributed by atoms with van der Waals surface area (Å²) < 4.78 is 5.73. The molecule has 17 heavy (non-hydrogen) atoms. The number of rotatable bonds is 5. The molecular weight excluding hydrogens is 216 g/mol. The van der Waals surface area contributed by atoms with Crippen LogP contribution in [0.25, 0.3) is 0 Å². The van der Waals surface area contributed by atoms with E-state index in [1.807, 2.05) is 39.8 Å². The number of aliphatic hydroxyl groups excluding tert-OH is 1.